The van der Waals surface area contributed by atoms with Gasteiger partial charge >= 0.3 is 0 Å². The van der Waals surface area contributed by atoms with Gasteiger partial charge in [-0.1, -0.05) is 46.9 Å². The summed E-state index contributed by atoms with van der Waals surface area (Å²) in [7, 11) is 0. The molecule has 0 fully saturated rings. The zero-order chi connectivity index (χ0) is 13.3. The second-order valence-corrected chi connectivity index (χ2v) is 5.09. The second kappa shape index (κ2) is 5.45. The average Bonchev–Trinajstić information content (AvgIpc) is 2.28. The minimum absolute atomic E-state index is 0.325. The first-order valence-corrected chi connectivity index (χ1v) is 6.28. The number of hydrogen-bond acceptors (Lipinski definition) is 1. The molecule has 0 aliphatic carbocycles. The maximum Gasteiger partial charge on any atom is 0.129 e. The Morgan fingerprint density at radius 3 is 2.00 bits per heavy atom. The molecular weight excluding hydrogens is 296 g/mol. The van der Waals surface area contributed by atoms with Crippen LogP contribution in [0.15, 0.2) is 36.4 Å². The zero-order valence-corrected chi connectivity index (χ0v) is 11.4. The van der Waals surface area contributed by atoms with Gasteiger partial charge in [0.1, 0.15) is 5.82 Å². The number of halogens is 4. The minimum atomic E-state index is -0.660. The Balaban J connectivity index is 2.44. The monoisotopic (exact) mass is 303 g/mol. The van der Waals surface area contributed by atoms with Crippen LogP contribution >= 0.6 is 34.8 Å². The standard InChI is InChI=1S/C13H9Cl3FN/c14-7-1-3-9(11(16)5-7)13(18)10-4-2-8(15)6-12(10)17/h1-6,13H,18H2. The highest BCUT2D eigenvalue weighted by atomic mass is 35.5. The molecule has 2 N–H and O–H groups in total. The van der Waals surface area contributed by atoms with Gasteiger partial charge in [-0.3, -0.25) is 0 Å². The fraction of sp³-hybridized carbons (Fsp3) is 0.0769. The summed E-state index contributed by atoms with van der Waals surface area (Å²) < 4.78 is 13.8. The number of rotatable bonds is 2. The Labute approximate surface area is 119 Å². The van der Waals surface area contributed by atoms with E-state index in [0.717, 1.165) is 0 Å². The van der Waals surface area contributed by atoms with Crippen molar-refractivity contribution in [2.24, 2.45) is 5.73 Å². The molecule has 94 valence electrons. The van der Waals surface area contributed by atoms with Crippen LogP contribution in [-0.2, 0) is 0 Å². The van der Waals surface area contributed by atoms with E-state index in [1.54, 1.807) is 30.3 Å². The van der Waals surface area contributed by atoms with Crippen molar-refractivity contribution in [2.75, 3.05) is 0 Å². The molecule has 0 aliphatic heterocycles. The highest BCUT2D eigenvalue weighted by Crippen LogP contribution is 2.30. The third-order valence-corrected chi connectivity index (χ3v) is 3.39. The predicted molar refractivity (Wildman–Crippen MR) is 73.9 cm³/mol. The lowest BCUT2D eigenvalue weighted by Crippen LogP contribution is -2.14. The van der Waals surface area contributed by atoms with E-state index in [9.17, 15) is 4.39 Å². The van der Waals surface area contributed by atoms with E-state index >= 15 is 0 Å². The van der Waals surface area contributed by atoms with Gasteiger partial charge in [0.25, 0.3) is 0 Å². The van der Waals surface area contributed by atoms with Crippen molar-refractivity contribution < 1.29 is 4.39 Å². The van der Waals surface area contributed by atoms with E-state index in [4.69, 9.17) is 40.5 Å². The van der Waals surface area contributed by atoms with E-state index in [1.807, 2.05) is 0 Å². The molecule has 1 unspecified atom stereocenters. The summed E-state index contributed by atoms with van der Waals surface area (Å²) in [6.45, 7) is 0. The van der Waals surface area contributed by atoms with E-state index in [1.165, 1.54) is 6.07 Å². The molecule has 2 rings (SSSR count). The van der Waals surface area contributed by atoms with Crippen molar-refractivity contribution in [1.82, 2.24) is 0 Å². The van der Waals surface area contributed by atoms with Gasteiger partial charge in [0, 0.05) is 20.6 Å². The van der Waals surface area contributed by atoms with Crippen molar-refractivity contribution in [1.29, 1.82) is 0 Å². The summed E-state index contributed by atoms with van der Waals surface area (Å²) in [5.41, 5.74) is 6.96. The Kier molecular flexibility index (Phi) is 4.13. The van der Waals surface area contributed by atoms with Gasteiger partial charge in [-0.05, 0) is 29.8 Å². The first-order valence-electron chi connectivity index (χ1n) is 5.14. The lowest BCUT2D eigenvalue weighted by atomic mass is 9.99. The molecule has 0 bridgehead atoms. The highest BCUT2D eigenvalue weighted by Gasteiger charge is 2.16. The van der Waals surface area contributed by atoms with Gasteiger partial charge in [0.15, 0.2) is 0 Å². The van der Waals surface area contributed by atoms with Crippen LogP contribution in [0, 0.1) is 5.82 Å². The lowest BCUT2D eigenvalue weighted by molar-refractivity contribution is 0.600. The maximum absolute atomic E-state index is 13.8. The SMILES string of the molecule is NC(c1ccc(Cl)cc1F)c1ccc(Cl)cc1Cl. The summed E-state index contributed by atoms with van der Waals surface area (Å²) >= 11 is 17.5. The molecule has 0 saturated heterocycles. The number of benzene rings is 2. The molecule has 0 aliphatic rings. The number of hydrogen-bond donors (Lipinski definition) is 1. The molecule has 0 aromatic heterocycles. The topological polar surface area (TPSA) is 26.0 Å². The van der Waals surface area contributed by atoms with E-state index in [2.05, 4.69) is 0 Å². The fourth-order valence-electron chi connectivity index (χ4n) is 1.67. The van der Waals surface area contributed by atoms with Crippen LogP contribution in [0.1, 0.15) is 17.2 Å². The van der Waals surface area contributed by atoms with Gasteiger partial charge in [-0.2, -0.15) is 0 Å². The van der Waals surface area contributed by atoms with Crippen LogP contribution in [0.2, 0.25) is 15.1 Å². The van der Waals surface area contributed by atoms with Gasteiger partial charge in [-0.15, -0.1) is 0 Å². The summed E-state index contributed by atoms with van der Waals surface area (Å²) in [5, 5.41) is 1.24. The summed E-state index contributed by atoms with van der Waals surface area (Å²) in [6, 6.07) is 8.62. The molecule has 0 amide bonds. The Bertz CT molecular complexity index is 535. The molecule has 2 aromatic carbocycles. The second-order valence-electron chi connectivity index (χ2n) is 3.81. The zero-order valence-electron chi connectivity index (χ0n) is 9.13. The molecule has 1 nitrogen and oxygen atoms in total. The first-order chi connectivity index (χ1) is 8.49. The molecule has 1 atom stereocenters. The average molecular weight is 305 g/mol. The summed E-state index contributed by atoms with van der Waals surface area (Å²) in [5.74, 6) is -0.457. The molecule has 0 heterocycles. The molecule has 2 aromatic rings. The minimum Gasteiger partial charge on any atom is -0.320 e. The Hall–Kier alpha value is -0.800. The van der Waals surface area contributed by atoms with Crippen LogP contribution < -0.4 is 5.73 Å². The largest absolute Gasteiger partial charge is 0.320 e. The normalized spacial score (nSPS) is 12.5. The molecule has 0 radical (unpaired) electrons. The first kappa shape index (κ1) is 13.6. The van der Waals surface area contributed by atoms with Crippen LogP contribution in [0.3, 0.4) is 0 Å². The van der Waals surface area contributed by atoms with Gasteiger partial charge in [0.05, 0.1) is 6.04 Å². The van der Waals surface area contributed by atoms with Crippen molar-refractivity contribution >= 4 is 34.8 Å². The lowest BCUT2D eigenvalue weighted by Gasteiger charge is -2.15. The maximum atomic E-state index is 13.8. The van der Waals surface area contributed by atoms with Crippen LogP contribution in [0.25, 0.3) is 0 Å². The molecule has 0 saturated carbocycles. The van der Waals surface area contributed by atoms with Crippen LogP contribution in [0.4, 0.5) is 4.39 Å². The third kappa shape index (κ3) is 2.78. The van der Waals surface area contributed by atoms with E-state index < -0.39 is 11.9 Å². The van der Waals surface area contributed by atoms with Crippen molar-refractivity contribution in [2.45, 2.75) is 6.04 Å². The molecular formula is C13H9Cl3FN. The van der Waals surface area contributed by atoms with Crippen molar-refractivity contribution in [3.63, 3.8) is 0 Å². The van der Waals surface area contributed by atoms with Crippen LogP contribution in [0.5, 0.6) is 0 Å². The van der Waals surface area contributed by atoms with Gasteiger partial charge < -0.3 is 5.73 Å². The van der Waals surface area contributed by atoms with Crippen LogP contribution in [-0.4, -0.2) is 0 Å². The summed E-state index contributed by atoms with van der Waals surface area (Å²) in [4.78, 5) is 0. The Morgan fingerprint density at radius 1 is 0.889 bits per heavy atom. The summed E-state index contributed by atoms with van der Waals surface area (Å²) in [6.07, 6.45) is 0. The van der Waals surface area contributed by atoms with E-state index in [-0.39, 0.29) is 0 Å². The Morgan fingerprint density at radius 2 is 1.44 bits per heavy atom. The van der Waals surface area contributed by atoms with Gasteiger partial charge in [0.2, 0.25) is 0 Å². The molecule has 18 heavy (non-hydrogen) atoms. The quantitative estimate of drug-likeness (QED) is 0.844. The van der Waals surface area contributed by atoms with E-state index in [0.29, 0.717) is 26.2 Å². The van der Waals surface area contributed by atoms with Crippen molar-refractivity contribution in [3.05, 3.63) is 68.4 Å². The molecule has 5 heteroatoms. The fourth-order valence-corrected chi connectivity index (χ4v) is 2.36. The smallest absolute Gasteiger partial charge is 0.129 e. The predicted octanol–water partition coefficient (Wildman–Crippen LogP) is 4.83. The number of nitrogens with two attached hydrogens (primary N) is 1. The molecule has 0 spiro atoms. The van der Waals surface area contributed by atoms with Crippen molar-refractivity contribution in [3.8, 4) is 0 Å². The third-order valence-electron chi connectivity index (χ3n) is 2.60. The van der Waals surface area contributed by atoms with Gasteiger partial charge in [-0.25, -0.2) is 4.39 Å². The highest BCUT2D eigenvalue weighted by molar-refractivity contribution is 6.35.